The van der Waals surface area contributed by atoms with Crippen molar-refractivity contribution in [1.29, 1.82) is 0 Å². The zero-order valence-electron chi connectivity index (χ0n) is 16.3. The third kappa shape index (κ3) is 3.14. The van der Waals surface area contributed by atoms with Crippen molar-refractivity contribution in [2.24, 2.45) is 0 Å². The van der Waals surface area contributed by atoms with E-state index in [2.05, 4.69) is 10.6 Å². The number of nitrogens with zero attached hydrogens (tertiary/aromatic N) is 1. The van der Waals surface area contributed by atoms with Crippen LogP contribution in [0.3, 0.4) is 0 Å². The number of hydrogen-bond acceptors (Lipinski definition) is 5. The van der Waals surface area contributed by atoms with Gasteiger partial charge >= 0.3 is 0 Å². The Morgan fingerprint density at radius 3 is 2.37 bits per heavy atom. The molecule has 0 spiro atoms. The van der Waals surface area contributed by atoms with Gasteiger partial charge in [0.2, 0.25) is 0 Å². The summed E-state index contributed by atoms with van der Waals surface area (Å²) in [6.45, 7) is 3.75. The van der Waals surface area contributed by atoms with E-state index in [4.69, 9.17) is 5.73 Å². The molecule has 0 atom stereocenters. The fourth-order valence-corrected chi connectivity index (χ4v) is 3.33. The van der Waals surface area contributed by atoms with E-state index in [1.54, 1.807) is 30.3 Å². The summed E-state index contributed by atoms with van der Waals surface area (Å²) in [5.41, 5.74) is 8.60. The van der Waals surface area contributed by atoms with Gasteiger partial charge in [-0.2, -0.15) is 0 Å². The molecule has 8 nitrogen and oxygen atoms in total. The van der Waals surface area contributed by atoms with E-state index in [9.17, 15) is 19.2 Å². The lowest BCUT2D eigenvalue weighted by Gasteiger charge is -2.15. The van der Waals surface area contributed by atoms with Gasteiger partial charge in [0.15, 0.2) is 0 Å². The van der Waals surface area contributed by atoms with Crippen LogP contribution in [-0.4, -0.2) is 22.3 Å². The minimum atomic E-state index is -0.652. The van der Waals surface area contributed by atoms with Crippen molar-refractivity contribution < 1.29 is 14.4 Å². The molecule has 0 unspecified atom stereocenters. The Kier molecular flexibility index (Phi) is 4.46. The molecule has 1 aromatic heterocycles. The van der Waals surface area contributed by atoms with E-state index in [0.717, 1.165) is 21.8 Å². The van der Waals surface area contributed by atoms with E-state index >= 15 is 0 Å². The third-order valence-corrected chi connectivity index (χ3v) is 4.99. The topological polar surface area (TPSA) is 123 Å². The number of fused-ring (bicyclic) bond motifs is 1. The van der Waals surface area contributed by atoms with Crippen LogP contribution >= 0.6 is 0 Å². The van der Waals surface area contributed by atoms with E-state index in [1.807, 2.05) is 26.0 Å². The van der Waals surface area contributed by atoms with Gasteiger partial charge in [0.25, 0.3) is 23.3 Å². The molecule has 0 fully saturated rings. The molecule has 0 aliphatic carbocycles. The fraction of sp³-hybridized carbons (Fsp3) is 0.0909. The number of imide groups is 1. The average molecular weight is 402 g/mol. The Morgan fingerprint density at radius 1 is 0.967 bits per heavy atom. The van der Waals surface area contributed by atoms with Gasteiger partial charge in [0.05, 0.1) is 16.8 Å². The number of carbonyl (C=O) groups excluding carboxylic acids is 3. The van der Waals surface area contributed by atoms with Crippen molar-refractivity contribution in [3.63, 3.8) is 0 Å². The van der Waals surface area contributed by atoms with Gasteiger partial charge < -0.3 is 11.1 Å². The Labute approximate surface area is 171 Å². The molecule has 2 aromatic carbocycles. The predicted molar refractivity (Wildman–Crippen MR) is 112 cm³/mol. The van der Waals surface area contributed by atoms with Crippen LogP contribution in [0.2, 0.25) is 0 Å². The Bertz CT molecular complexity index is 1290. The highest BCUT2D eigenvalue weighted by molar-refractivity contribution is 6.23. The zero-order valence-corrected chi connectivity index (χ0v) is 16.3. The van der Waals surface area contributed by atoms with Gasteiger partial charge in [-0.05, 0) is 43.7 Å². The minimum absolute atomic E-state index is 0.0367. The second-order valence-corrected chi connectivity index (χ2v) is 7.09. The fourth-order valence-electron chi connectivity index (χ4n) is 3.33. The van der Waals surface area contributed by atoms with Gasteiger partial charge in [-0.3, -0.25) is 29.1 Å². The summed E-state index contributed by atoms with van der Waals surface area (Å²) in [6.07, 6.45) is 0. The molecule has 0 radical (unpaired) electrons. The summed E-state index contributed by atoms with van der Waals surface area (Å²) in [6, 6.07) is 13.2. The van der Waals surface area contributed by atoms with Crippen LogP contribution in [0.4, 0.5) is 11.5 Å². The maximum atomic E-state index is 12.6. The first-order valence-corrected chi connectivity index (χ1v) is 9.16. The number of nitrogens with one attached hydrogen (secondary N) is 2. The average Bonchev–Trinajstić information content (AvgIpc) is 2.98. The van der Waals surface area contributed by atoms with Gasteiger partial charge in [0.1, 0.15) is 5.82 Å². The molecule has 1 aliphatic heterocycles. The van der Waals surface area contributed by atoms with Crippen molar-refractivity contribution in [3.05, 3.63) is 86.7 Å². The summed E-state index contributed by atoms with van der Waals surface area (Å²) in [5.74, 6) is -1.74. The largest absolute Gasteiger partial charge is 0.384 e. The van der Waals surface area contributed by atoms with Crippen molar-refractivity contribution in [2.75, 3.05) is 11.1 Å². The normalized spacial score (nSPS) is 12.5. The molecule has 1 aliphatic rings. The molecule has 150 valence electrons. The van der Waals surface area contributed by atoms with Gasteiger partial charge in [-0.15, -0.1) is 0 Å². The quantitative estimate of drug-likeness (QED) is 0.580. The highest BCUT2D eigenvalue weighted by Crippen LogP contribution is 2.25. The van der Waals surface area contributed by atoms with E-state index < -0.39 is 17.4 Å². The lowest BCUT2D eigenvalue weighted by atomic mass is 10.1. The number of pyridine rings is 1. The summed E-state index contributed by atoms with van der Waals surface area (Å²) < 4.78 is 1.14. The highest BCUT2D eigenvalue weighted by atomic mass is 16.2. The van der Waals surface area contributed by atoms with E-state index in [1.165, 1.54) is 0 Å². The first-order valence-electron chi connectivity index (χ1n) is 9.16. The predicted octanol–water partition coefficient (Wildman–Crippen LogP) is 2.17. The number of amides is 3. The van der Waals surface area contributed by atoms with Crippen LogP contribution in [0.1, 0.15) is 42.2 Å². The standard InChI is InChI=1S/C22H18N4O4/c1-11-3-6-13(7-4-11)20(28)24-16-9-14(8-5-12(16)2)26-17(27)10-15-18(19(26)23)22(30)25-21(15)29/h3-10H,23H2,1-2H3,(H,24,28)(H,25,29,30). The molecule has 3 aromatic rings. The van der Waals surface area contributed by atoms with Gasteiger partial charge in [-0.1, -0.05) is 23.8 Å². The molecule has 3 amide bonds. The molecular weight excluding hydrogens is 384 g/mol. The van der Waals surface area contributed by atoms with Crippen molar-refractivity contribution in [1.82, 2.24) is 9.88 Å². The number of hydrogen-bond donors (Lipinski definition) is 3. The summed E-state index contributed by atoms with van der Waals surface area (Å²) in [7, 11) is 0. The maximum absolute atomic E-state index is 12.6. The van der Waals surface area contributed by atoms with Crippen LogP contribution in [-0.2, 0) is 0 Å². The molecule has 8 heteroatoms. The van der Waals surface area contributed by atoms with Gasteiger partial charge in [-0.25, -0.2) is 0 Å². The minimum Gasteiger partial charge on any atom is -0.384 e. The number of benzene rings is 2. The summed E-state index contributed by atoms with van der Waals surface area (Å²) in [4.78, 5) is 49.1. The van der Waals surface area contributed by atoms with Crippen molar-refractivity contribution in [3.8, 4) is 5.69 Å². The van der Waals surface area contributed by atoms with Crippen LogP contribution in [0.15, 0.2) is 53.3 Å². The summed E-state index contributed by atoms with van der Waals surface area (Å²) >= 11 is 0. The number of nitrogen functional groups attached to an aromatic ring is 1. The highest BCUT2D eigenvalue weighted by Gasteiger charge is 2.31. The van der Waals surface area contributed by atoms with Crippen LogP contribution in [0.5, 0.6) is 0 Å². The Balaban J connectivity index is 1.76. The van der Waals surface area contributed by atoms with Crippen molar-refractivity contribution in [2.45, 2.75) is 13.8 Å². The monoisotopic (exact) mass is 402 g/mol. The third-order valence-electron chi connectivity index (χ3n) is 4.99. The molecule has 30 heavy (non-hydrogen) atoms. The molecule has 2 heterocycles. The number of rotatable bonds is 3. The maximum Gasteiger partial charge on any atom is 0.262 e. The number of aromatic nitrogens is 1. The second-order valence-electron chi connectivity index (χ2n) is 7.09. The number of anilines is 2. The number of nitrogens with two attached hydrogens (primary N) is 1. The number of aryl methyl sites for hydroxylation is 2. The molecule has 4 N–H and O–H groups in total. The molecule has 4 rings (SSSR count). The number of carbonyl (C=O) groups is 3. The second kappa shape index (κ2) is 7.00. The van der Waals surface area contributed by atoms with E-state index in [0.29, 0.717) is 16.9 Å². The molecule has 0 bridgehead atoms. The Morgan fingerprint density at radius 2 is 1.67 bits per heavy atom. The first-order chi connectivity index (χ1) is 14.3. The molecular formula is C22H18N4O4. The van der Waals surface area contributed by atoms with Crippen LogP contribution < -0.4 is 21.9 Å². The van der Waals surface area contributed by atoms with Crippen LogP contribution in [0, 0.1) is 13.8 Å². The van der Waals surface area contributed by atoms with Crippen LogP contribution in [0.25, 0.3) is 5.69 Å². The Hall–Kier alpha value is -4.20. The zero-order chi connectivity index (χ0) is 21.6. The van der Waals surface area contributed by atoms with E-state index in [-0.39, 0.29) is 22.9 Å². The smallest absolute Gasteiger partial charge is 0.262 e. The first kappa shape index (κ1) is 19.1. The SMILES string of the molecule is Cc1ccc(C(=O)Nc2cc(-n3c(N)c4c(cc3=O)C(=O)NC4=O)ccc2C)cc1. The van der Waals surface area contributed by atoms with Crippen molar-refractivity contribution >= 4 is 29.2 Å². The lowest BCUT2D eigenvalue weighted by Crippen LogP contribution is -2.24. The lowest BCUT2D eigenvalue weighted by molar-refractivity contribution is 0.0879. The molecule has 0 saturated heterocycles. The molecule has 0 saturated carbocycles. The summed E-state index contributed by atoms with van der Waals surface area (Å²) in [5, 5.41) is 4.97. The van der Waals surface area contributed by atoms with Gasteiger partial charge in [0, 0.05) is 17.3 Å².